The summed E-state index contributed by atoms with van der Waals surface area (Å²) in [4.78, 5) is 12.4. The van der Waals surface area contributed by atoms with Crippen LogP contribution in [0.4, 0.5) is 0 Å². The van der Waals surface area contributed by atoms with Crippen LogP contribution in [0.15, 0.2) is 57.4 Å². The van der Waals surface area contributed by atoms with Crippen LogP contribution in [-0.4, -0.2) is 19.2 Å². The third-order valence-electron chi connectivity index (χ3n) is 3.16. The molecule has 0 saturated heterocycles. The molecule has 0 saturated carbocycles. The van der Waals surface area contributed by atoms with Crippen LogP contribution in [0.3, 0.4) is 0 Å². The highest BCUT2D eigenvalue weighted by atomic mass is 35.5. The molecule has 0 aliphatic rings. The number of carbonyl (C=O) groups is 1. The summed E-state index contributed by atoms with van der Waals surface area (Å²) in [5.74, 6) is 1.49. The molecule has 2 heterocycles. The number of hydrogen-bond acceptors (Lipinski definition) is 5. The first-order valence-electron chi connectivity index (χ1n) is 6.98. The molecule has 1 amide bonds. The van der Waals surface area contributed by atoms with Gasteiger partial charge in [-0.3, -0.25) is 4.79 Å². The molecule has 7 heteroatoms. The fourth-order valence-electron chi connectivity index (χ4n) is 2.06. The molecule has 0 bridgehead atoms. The minimum atomic E-state index is -0.260. The summed E-state index contributed by atoms with van der Waals surface area (Å²) < 4.78 is 11.0. The summed E-state index contributed by atoms with van der Waals surface area (Å²) in [5.41, 5.74) is 3.19. The molecule has 3 rings (SSSR count). The fourth-order valence-corrected chi connectivity index (χ4v) is 2.84. The Hall–Kier alpha value is -2.57. The van der Waals surface area contributed by atoms with Gasteiger partial charge in [-0.1, -0.05) is 17.7 Å². The Balaban J connectivity index is 1.73. The molecule has 2 aromatic heterocycles. The van der Waals surface area contributed by atoms with Gasteiger partial charge in [-0.25, -0.2) is 5.43 Å². The highest BCUT2D eigenvalue weighted by Gasteiger charge is 2.11. The van der Waals surface area contributed by atoms with Gasteiger partial charge in [0.05, 0.1) is 23.8 Å². The number of nitrogens with one attached hydrogen (secondary N) is 1. The predicted octanol–water partition coefficient (Wildman–Crippen LogP) is 4.43. The molecular formula is C17H13ClN2O3S. The van der Waals surface area contributed by atoms with Gasteiger partial charge in [0.25, 0.3) is 5.91 Å². The number of rotatable bonds is 5. The number of thiophene rings is 1. The van der Waals surface area contributed by atoms with Crippen molar-refractivity contribution in [1.82, 2.24) is 5.43 Å². The maximum Gasteiger partial charge on any atom is 0.281 e. The second-order valence-corrected chi connectivity index (χ2v) is 6.11. The first-order chi connectivity index (χ1) is 11.7. The van der Waals surface area contributed by atoms with E-state index in [9.17, 15) is 4.79 Å². The second-order valence-electron chi connectivity index (χ2n) is 4.72. The number of hydrogen-bond donors (Lipinski definition) is 1. The molecule has 0 aliphatic heterocycles. The van der Waals surface area contributed by atoms with Crippen molar-refractivity contribution >= 4 is 35.1 Å². The molecule has 1 N–H and O–H groups in total. The van der Waals surface area contributed by atoms with E-state index < -0.39 is 0 Å². The van der Waals surface area contributed by atoms with E-state index in [1.807, 2.05) is 5.38 Å². The first kappa shape index (κ1) is 16.3. The van der Waals surface area contributed by atoms with Crippen molar-refractivity contribution in [2.24, 2.45) is 5.10 Å². The Morgan fingerprint density at radius 3 is 2.96 bits per heavy atom. The van der Waals surface area contributed by atoms with E-state index in [2.05, 4.69) is 10.5 Å². The molecule has 0 unspecified atom stereocenters. The van der Waals surface area contributed by atoms with Crippen LogP contribution in [0.1, 0.15) is 15.4 Å². The third-order valence-corrected chi connectivity index (χ3v) is 4.26. The number of methoxy groups -OCH3 is 1. The number of ether oxygens (including phenoxy) is 1. The van der Waals surface area contributed by atoms with Crippen LogP contribution in [-0.2, 0) is 0 Å². The second kappa shape index (κ2) is 7.33. The maximum atomic E-state index is 11.8. The van der Waals surface area contributed by atoms with Crippen molar-refractivity contribution in [2.75, 3.05) is 7.11 Å². The molecule has 0 spiro atoms. The average molecular weight is 361 g/mol. The topological polar surface area (TPSA) is 63.8 Å². The summed E-state index contributed by atoms with van der Waals surface area (Å²) >= 11 is 7.38. The zero-order valence-electron chi connectivity index (χ0n) is 12.7. The third kappa shape index (κ3) is 3.67. The standard InChI is InChI=1S/C17H13ClN2O3S/c1-22-14-6-4-11(18)9-13(14)15-7-5-12(23-15)10-19-20-17(21)16-3-2-8-24-16/h2-10H,1H3,(H,20,21)/b19-10-. The van der Waals surface area contributed by atoms with Gasteiger partial charge in [0.2, 0.25) is 0 Å². The number of furan rings is 1. The molecule has 122 valence electrons. The predicted molar refractivity (Wildman–Crippen MR) is 95.1 cm³/mol. The number of carbonyl (C=O) groups excluding carboxylic acids is 1. The van der Waals surface area contributed by atoms with Gasteiger partial charge in [-0.2, -0.15) is 5.10 Å². The van der Waals surface area contributed by atoms with Crippen LogP contribution >= 0.6 is 22.9 Å². The molecule has 0 fully saturated rings. The van der Waals surface area contributed by atoms with E-state index in [1.165, 1.54) is 17.6 Å². The van der Waals surface area contributed by atoms with E-state index in [0.717, 1.165) is 5.56 Å². The number of benzene rings is 1. The molecule has 24 heavy (non-hydrogen) atoms. The Morgan fingerprint density at radius 1 is 1.33 bits per heavy atom. The van der Waals surface area contributed by atoms with Gasteiger partial charge < -0.3 is 9.15 Å². The Bertz CT molecular complexity index is 872. The summed E-state index contributed by atoms with van der Waals surface area (Å²) in [6.45, 7) is 0. The van der Waals surface area contributed by atoms with Crippen molar-refractivity contribution in [3.63, 3.8) is 0 Å². The Kier molecular flexibility index (Phi) is 4.98. The van der Waals surface area contributed by atoms with Crippen molar-refractivity contribution in [2.45, 2.75) is 0 Å². The SMILES string of the molecule is COc1ccc(Cl)cc1-c1ccc(/C=N\NC(=O)c2cccs2)o1. The van der Waals surface area contributed by atoms with Gasteiger partial charge in [-0.15, -0.1) is 11.3 Å². The minimum Gasteiger partial charge on any atom is -0.496 e. The lowest BCUT2D eigenvalue weighted by Crippen LogP contribution is -2.15. The van der Waals surface area contributed by atoms with Crippen LogP contribution < -0.4 is 10.2 Å². The smallest absolute Gasteiger partial charge is 0.281 e. The summed E-state index contributed by atoms with van der Waals surface area (Å²) in [5, 5.41) is 6.31. The van der Waals surface area contributed by atoms with Crippen LogP contribution in [0, 0.1) is 0 Å². The lowest BCUT2D eigenvalue weighted by atomic mass is 10.1. The van der Waals surface area contributed by atoms with Crippen molar-refractivity contribution < 1.29 is 13.9 Å². The Labute approximate surface area is 147 Å². The zero-order chi connectivity index (χ0) is 16.9. The average Bonchev–Trinajstić information content (AvgIpc) is 3.26. The lowest BCUT2D eigenvalue weighted by molar-refractivity contribution is 0.0959. The van der Waals surface area contributed by atoms with Gasteiger partial charge in [-0.05, 0) is 41.8 Å². The van der Waals surface area contributed by atoms with Crippen molar-refractivity contribution in [1.29, 1.82) is 0 Å². The molecule has 0 aliphatic carbocycles. The van der Waals surface area contributed by atoms with E-state index in [1.54, 1.807) is 49.6 Å². The largest absolute Gasteiger partial charge is 0.496 e. The van der Waals surface area contributed by atoms with Gasteiger partial charge in [0.1, 0.15) is 17.3 Å². The van der Waals surface area contributed by atoms with E-state index in [4.69, 9.17) is 20.8 Å². The van der Waals surface area contributed by atoms with Gasteiger partial charge in [0.15, 0.2) is 0 Å². The molecule has 5 nitrogen and oxygen atoms in total. The minimum absolute atomic E-state index is 0.260. The van der Waals surface area contributed by atoms with Gasteiger partial charge >= 0.3 is 0 Å². The van der Waals surface area contributed by atoms with Crippen molar-refractivity contribution in [3.05, 3.63) is 63.5 Å². The quantitative estimate of drug-likeness (QED) is 0.540. The fraction of sp³-hybridized carbons (Fsp3) is 0.0588. The number of halogens is 1. The van der Waals surface area contributed by atoms with Crippen molar-refractivity contribution in [3.8, 4) is 17.1 Å². The normalized spacial score (nSPS) is 10.9. The number of nitrogens with zero attached hydrogens (tertiary/aromatic N) is 1. The van der Waals surface area contributed by atoms with Crippen LogP contribution in [0.5, 0.6) is 5.75 Å². The number of hydrazone groups is 1. The summed E-state index contributed by atoms with van der Waals surface area (Å²) in [7, 11) is 1.58. The van der Waals surface area contributed by atoms with Crippen LogP contribution in [0.2, 0.25) is 5.02 Å². The first-order valence-corrected chi connectivity index (χ1v) is 8.24. The lowest BCUT2D eigenvalue weighted by Gasteiger charge is -2.06. The molecular weight excluding hydrogens is 348 g/mol. The van der Waals surface area contributed by atoms with E-state index in [0.29, 0.717) is 27.2 Å². The Morgan fingerprint density at radius 2 is 2.21 bits per heavy atom. The van der Waals surface area contributed by atoms with E-state index in [-0.39, 0.29) is 5.91 Å². The summed E-state index contributed by atoms with van der Waals surface area (Å²) in [6.07, 6.45) is 1.44. The van der Waals surface area contributed by atoms with Crippen LogP contribution in [0.25, 0.3) is 11.3 Å². The maximum absolute atomic E-state index is 11.8. The highest BCUT2D eigenvalue weighted by Crippen LogP contribution is 2.33. The molecule has 0 radical (unpaired) electrons. The van der Waals surface area contributed by atoms with E-state index >= 15 is 0 Å². The summed E-state index contributed by atoms with van der Waals surface area (Å²) in [6, 6.07) is 12.3. The monoisotopic (exact) mass is 360 g/mol. The van der Waals surface area contributed by atoms with Gasteiger partial charge in [0, 0.05) is 5.02 Å². The molecule has 1 aromatic carbocycles. The molecule has 3 aromatic rings. The molecule has 0 atom stereocenters. The highest BCUT2D eigenvalue weighted by molar-refractivity contribution is 7.12. The zero-order valence-corrected chi connectivity index (χ0v) is 14.2. The number of amides is 1.